The molecule has 38 heavy (non-hydrogen) atoms. The van der Waals surface area contributed by atoms with Crippen molar-refractivity contribution >= 4 is 27.5 Å². The maximum absolute atomic E-state index is 13.9. The van der Waals surface area contributed by atoms with Crippen molar-refractivity contribution in [3.05, 3.63) is 53.6 Å². The lowest BCUT2D eigenvalue weighted by Crippen LogP contribution is -2.55. The van der Waals surface area contributed by atoms with Crippen LogP contribution < -0.4 is 19.1 Å². The highest BCUT2D eigenvalue weighted by Gasteiger charge is 2.34. The Labute approximate surface area is 226 Å². The van der Waals surface area contributed by atoms with Crippen molar-refractivity contribution in [3.63, 3.8) is 0 Å². The number of nitrogens with one attached hydrogen (secondary N) is 1. The molecular formula is C28H39N3O6S. The van der Waals surface area contributed by atoms with Crippen LogP contribution in [0.25, 0.3) is 0 Å². The predicted octanol–water partition coefficient (Wildman–Crippen LogP) is 3.64. The summed E-state index contributed by atoms with van der Waals surface area (Å²) in [6.45, 7) is 11.4. The molecular weight excluding hydrogens is 506 g/mol. The zero-order chi connectivity index (χ0) is 28.1. The Morgan fingerprint density at radius 2 is 1.68 bits per heavy atom. The van der Waals surface area contributed by atoms with E-state index in [1.807, 2.05) is 58.9 Å². The monoisotopic (exact) mass is 545 g/mol. The molecule has 0 aromatic heterocycles. The van der Waals surface area contributed by atoms with Crippen molar-refractivity contribution in [3.8, 4) is 11.5 Å². The van der Waals surface area contributed by atoms with Gasteiger partial charge in [-0.25, -0.2) is 8.42 Å². The van der Waals surface area contributed by atoms with E-state index >= 15 is 0 Å². The maximum atomic E-state index is 13.9. The van der Waals surface area contributed by atoms with Gasteiger partial charge in [0.15, 0.2) is 11.5 Å². The van der Waals surface area contributed by atoms with Crippen LogP contribution in [0.1, 0.15) is 52.2 Å². The van der Waals surface area contributed by atoms with E-state index in [9.17, 15) is 18.0 Å². The van der Waals surface area contributed by atoms with Crippen molar-refractivity contribution < 1.29 is 27.5 Å². The summed E-state index contributed by atoms with van der Waals surface area (Å²) < 4.78 is 38.7. The van der Waals surface area contributed by atoms with Gasteiger partial charge < -0.3 is 19.7 Å². The number of nitrogens with zero attached hydrogens (tertiary/aromatic N) is 2. The van der Waals surface area contributed by atoms with Crippen molar-refractivity contribution in [2.45, 2.75) is 66.1 Å². The number of carbonyl (C=O) groups is 2. The lowest BCUT2D eigenvalue weighted by molar-refractivity contribution is -0.141. The first-order chi connectivity index (χ1) is 17.9. The number of fused-ring (bicyclic) bond motifs is 1. The minimum atomic E-state index is -3.84. The van der Waals surface area contributed by atoms with Crippen molar-refractivity contribution in [2.24, 2.45) is 0 Å². The molecule has 2 aromatic rings. The van der Waals surface area contributed by atoms with Gasteiger partial charge in [0.25, 0.3) is 0 Å². The van der Waals surface area contributed by atoms with Crippen LogP contribution in [0.2, 0.25) is 0 Å². The SMILES string of the molecule is CC[C@H](C(=O)NC(C)(C)C)N(Cc1ccccc1C)C(=O)CN(c1ccc2c(c1)OCCO2)S(=O)(=O)CC. The number of ether oxygens (including phenoxy) is 2. The number of aryl methyl sites for hydroxylation is 1. The molecule has 1 atom stereocenters. The average Bonchev–Trinajstić information content (AvgIpc) is 2.86. The van der Waals surface area contributed by atoms with Crippen molar-refractivity contribution in [1.29, 1.82) is 0 Å². The molecule has 9 nitrogen and oxygen atoms in total. The second kappa shape index (κ2) is 12.1. The smallest absolute Gasteiger partial charge is 0.244 e. The molecule has 0 fully saturated rings. The first kappa shape index (κ1) is 29.3. The Balaban J connectivity index is 2.01. The molecule has 3 rings (SSSR count). The molecule has 0 aliphatic carbocycles. The molecule has 208 valence electrons. The van der Waals surface area contributed by atoms with Crippen LogP contribution in [0.3, 0.4) is 0 Å². The third kappa shape index (κ3) is 7.18. The number of hydrogen-bond acceptors (Lipinski definition) is 6. The Morgan fingerprint density at radius 3 is 2.29 bits per heavy atom. The van der Waals surface area contributed by atoms with Gasteiger partial charge in [-0.2, -0.15) is 0 Å². The minimum absolute atomic E-state index is 0.169. The molecule has 1 aliphatic heterocycles. The third-order valence-electron chi connectivity index (χ3n) is 6.28. The van der Waals surface area contributed by atoms with E-state index in [0.717, 1.165) is 15.4 Å². The summed E-state index contributed by atoms with van der Waals surface area (Å²) in [5.41, 5.74) is 1.66. The van der Waals surface area contributed by atoms with Gasteiger partial charge in [-0.05, 0) is 64.3 Å². The summed E-state index contributed by atoms with van der Waals surface area (Å²) in [5, 5.41) is 2.97. The maximum Gasteiger partial charge on any atom is 0.244 e. The number of sulfonamides is 1. The van der Waals surface area contributed by atoms with Crippen LogP contribution in [0.5, 0.6) is 11.5 Å². The molecule has 1 heterocycles. The fraction of sp³-hybridized carbons (Fsp3) is 0.500. The van der Waals surface area contributed by atoms with Gasteiger partial charge in [0, 0.05) is 18.2 Å². The lowest BCUT2D eigenvalue weighted by atomic mass is 10.0. The average molecular weight is 546 g/mol. The number of carbonyl (C=O) groups excluding carboxylic acids is 2. The van der Waals surface area contributed by atoms with Gasteiger partial charge in [0.05, 0.1) is 11.4 Å². The molecule has 0 saturated heterocycles. The normalized spacial score (nSPS) is 13.9. The second-order valence-electron chi connectivity index (χ2n) is 10.3. The highest BCUT2D eigenvalue weighted by molar-refractivity contribution is 7.92. The Bertz CT molecular complexity index is 1260. The van der Waals surface area contributed by atoms with E-state index < -0.39 is 34.1 Å². The molecule has 0 bridgehead atoms. The third-order valence-corrected chi connectivity index (χ3v) is 8.02. The van der Waals surface area contributed by atoms with Gasteiger partial charge in [-0.15, -0.1) is 0 Å². The largest absolute Gasteiger partial charge is 0.486 e. The number of rotatable bonds is 10. The summed E-state index contributed by atoms with van der Waals surface area (Å²) in [7, 11) is -3.84. The zero-order valence-electron chi connectivity index (χ0n) is 23.1. The van der Waals surface area contributed by atoms with Crippen LogP contribution in [0.4, 0.5) is 5.69 Å². The first-order valence-electron chi connectivity index (χ1n) is 12.9. The van der Waals surface area contributed by atoms with Crippen LogP contribution >= 0.6 is 0 Å². The van der Waals surface area contributed by atoms with E-state index in [2.05, 4.69) is 5.32 Å². The summed E-state index contributed by atoms with van der Waals surface area (Å²) in [6, 6.07) is 11.7. The highest BCUT2D eigenvalue weighted by Crippen LogP contribution is 2.35. The molecule has 2 amide bonds. The molecule has 0 unspecified atom stereocenters. The molecule has 0 saturated carbocycles. The molecule has 0 radical (unpaired) electrons. The predicted molar refractivity (Wildman–Crippen MR) is 148 cm³/mol. The Morgan fingerprint density at radius 1 is 1.03 bits per heavy atom. The molecule has 0 spiro atoms. The highest BCUT2D eigenvalue weighted by atomic mass is 32.2. The standard InChI is InChI=1S/C28H39N3O6S/c1-7-23(27(33)29-28(4,5)6)30(18-21-12-10-9-11-20(21)3)26(32)19-31(38(34,35)8-2)22-13-14-24-25(17-22)37-16-15-36-24/h9-14,17,23H,7-8,15-16,18-19H2,1-6H3,(H,29,33)/t23-/m1/s1. The fourth-order valence-corrected chi connectivity index (χ4v) is 5.30. The van der Waals surface area contributed by atoms with E-state index in [1.54, 1.807) is 18.2 Å². The topological polar surface area (TPSA) is 105 Å². The molecule has 1 N–H and O–H groups in total. The fourth-order valence-electron chi connectivity index (χ4n) is 4.25. The summed E-state index contributed by atoms with van der Waals surface area (Å²) in [4.78, 5) is 28.7. The van der Waals surface area contributed by atoms with Crippen LogP contribution in [-0.4, -0.2) is 62.2 Å². The van der Waals surface area contributed by atoms with E-state index in [-0.39, 0.29) is 18.2 Å². The molecule has 2 aromatic carbocycles. The van der Waals surface area contributed by atoms with Crippen LogP contribution in [-0.2, 0) is 26.2 Å². The van der Waals surface area contributed by atoms with E-state index in [0.29, 0.717) is 36.8 Å². The van der Waals surface area contributed by atoms with Gasteiger partial charge in [-0.1, -0.05) is 31.2 Å². The van der Waals surface area contributed by atoms with Gasteiger partial charge in [-0.3, -0.25) is 13.9 Å². The first-order valence-corrected chi connectivity index (χ1v) is 14.5. The van der Waals surface area contributed by atoms with Gasteiger partial charge in [0.2, 0.25) is 21.8 Å². The quantitative estimate of drug-likeness (QED) is 0.489. The summed E-state index contributed by atoms with van der Waals surface area (Å²) in [5.74, 6) is -0.0208. The van der Waals surface area contributed by atoms with Crippen molar-refractivity contribution in [1.82, 2.24) is 10.2 Å². The van der Waals surface area contributed by atoms with Gasteiger partial charge >= 0.3 is 0 Å². The number of benzene rings is 2. The molecule has 10 heteroatoms. The second-order valence-corrected chi connectivity index (χ2v) is 12.5. The zero-order valence-corrected chi connectivity index (χ0v) is 23.9. The van der Waals surface area contributed by atoms with E-state index in [4.69, 9.17) is 9.47 Å². The Kier molecular flexibility index (Phi) is 9.30. The minimum Gasteiger partial charge on any atom is -0.486 e. The number of amides is 2. The molecule has 1 aliphatic rings. The number of anilines is 1. The van der Waals surface area contributed by atoms with Crippen molar-refractivity contribution in [2.75, 3.05) is 29.8 Å². The summed E-state index contributed by atoms with van der Waals surface area (Å²) in [6.07, 6.45) is 0.365. The van der Waals surface area contributed by atoms with Gasteiger partial charge in [0.1, 0.15) is 25.8 Å². The number of hydrogen-bond donors (Lipinski definition) is 1. The summed E-state index contributed by atoms with van der Waals surface area (Å²) >= 11 is 0. The lowest BCUT2D eigenvalue weighted by Gasteiger charge is -2.35. The van der Waals surface area contributed by atoms with Crippen LogP contribution in [0.15, 0.2) is 42.5 Å². The Hall–Kier alpha value is -3.27. The van der Waals surface area contributed by atoms with Crippen LogP contribution in [0, 0.1) is 6.92 Å². The van der Waals surface area contributed by atoms with E-state index in [1.165, 1.54) is 11.8 Å².